The van der Waals surface area contributed by atoms with Crippen molar-refractivity contribution in [2.75, 3.05) is 7.11 Å². The molecule has 0 heterocycles. The molecule has 0 radical (unpaired) electrons. The standard InChI is InChI=1S/C11H14O2/c1-3-11(12)10-6-4-9(5-7-10)8-13-2/h3-7,11-12H,1,8H2,2H3. The molecular weight excluding hydrogens is 164 g/mol. The van der Waals surface area contributed by atoms with Crippen molar-refractivity contribution in [2.45, 2.75) is 12.7 Å². The summed E-state index contributed by atoms with van der Waals surface area (Å²) in [5, 5.41) is 9.40. The summed E-state index contributed by atoms with van der Waals surface area (Å²) in [5.41, 5.74) is 1.96. The predicted octanol–water partition coefficient (Wildman–Crippen LogP) is 2.05. The van der Waals surface area contributed by atoms with Gasteiger partial charge in [-0.05, 0) is 11.1 Å². The summed E-state index contributed by atoms with van der Waals surface area (Å²) in [6.45, 7) is 4.12. The Hall–Kier alpha value is -1.12. The minimum atomic E-state index is -0.573. The normalized spacial score (nSPS) is 12.5. The maximum Gasteiger partial charge on any atom is 0.0969 e. The third-order valence-electron chi connectivity index (χ3n) is 1.86. The SMILES string of the molecule is C=CC(O)c1ccc(COC)cc1. The van der Waals surface area contributed by atoms with Crippen LogP contribution in [0.4, 0.5) is 0 Å². The van der Waals surface area contributed by atoms with E-state index in [0.29, 0.717) is 6.61 Å². The number of aliphatic hydroxyl groups excluding tert-OH is 1. The van der Waals surface area contributed by atoms with Crippen LogP contribution in [-0.2, 0) is 11.3 Å². The molecule has 0 amide bonds. The second-order valence-corrected chi connectivity index (χ2v) is 2.86. The summed E-state index contributed by atoms with van der Waals surface area (Å²) in [7, 11) is 1.66. The zero-order valence-electron chi connectivity index (χ0n) is 7.73. The Morgan fingerprint density at radius 1 is 1.46 bits per heavy atom. The summed E-state index contributed by atoms with van der Waals surface area (Å²) in [6.07, 6.45) is 0.933. The van der Waals surface area contributed by atoms with Crippen LogP contribution in [0.25, 0.3) is 0 Å². The Morgan fingerprint density at radius 3 is 2.54 bits per heavy atom. The van der Waals surface area contributed by atoms with Crippen LogP contribution in [0.5, 0.6) is 0 Å². The zero-order valence-corrected chi connectivity index (χ0v) is 7.73. The average Bonchev–Trinajstić information content (AvgIpc) is 2.18. The molecule has 1 unspecified atom stereocenters. The van der Waals surface area contributed by atoms with Gasteiger partial charge in [-0.15, -0.1) is 6.58 Å². The molecule has 0 aliphatic heterocycles. The lowest BCUT2D eigenvalue weighted by atomic mass is 10.1. The van der Waals surface area contributed by atoms with Gasteiger partial charge in [0.15, 0.2) is 0 Å². The fraction of sp³-hybridized carbons (Fsp3) is 0.273. The quantitative estimate of drug-likeness (QED) is 0.715. The highest BCUT2D eigenvalue weighted by Gasteiger charge is 2.01. The smallest absolute Gasteiger partial charge is 0.0969 e. The van der Waals surface area contributed by atoms with Gasteiger partial charge in [-0.3, -0.25) is 0 Å². The second kappa shape index (κ2) is 4.80. The zero-order chi connectivity index (χ0) is 9.68. The van der Waals surface area contributed by atoms with E-state index >= 15 is 0 Å². The maximum atomic E-state index is 9.40. The number of hydrogen-bond donors (Lipinski definition) is 1. The molecule has 0 aliphatic rings. The minimum Gasteiger partial charge on any atom is -0.384 e. The monoisotopic (exact) mass is 178 g/mol. The van der Waals surface area contributed by atoms with Crippen LogP contribution in [-0.4, -0.2) is 12.2 Å². The van der Waals surface area contributed by atoms with Crippen molar-refractivity contribution in [3.63, 3.8) is 0 Å². The predicted molar refractivity (Wildman–Crippen MR) is 52.3 cm³/mol. The summed E-state index contributed by atoms with van der Waals surface area (Å²) in [5.74, 6) is 0. The Morgan fingerprint density at radius 2 is 2.08 bits per heavy atom. The van der Waals surface area contributed by atoms with Crippen LogP contribution >= 0.6 is 0 Å². The summed E-state index contributed by atoms with van der Waals surface area (Å²) < 4.78 is 4.97. The number of ether oxygens (including phenoxy) is 1. The molecule has 0 fully saturated rings. The van der Waals surface area contributed by atoms with Crippen molar-refractivity contribution < 1.29 is 9.84 Å². The minimum absolute atomic E-state index is 0.573. The first kappa shape index (κ1) is 9.96. The molecule has 0 bridgehead atoms. The van der Waals surface area contributed by atoms with Gasteiger partial charge >= 0.3 is 0 Å². The molecule has 2 heteroatoms. The van der Waals surface area contributed by atoms with Crippen molar-refractivity contribution in [3.05, 3.63) is 48.0 Å². The van der Waals surface area contributed by atoms with E-state index in [-0.39, 0.29) is 0 Å². The molecule has 1 rings (SSSR count). The Kier molecular flexibility index (Phi) is 3.68. The van der Waals surface area contributed by atoms with E-state index in [1.165, 1.54) is 6.08 Å². The number of methoxy groups -OCH3 is 1. The second-order valence-electron chi connectivity index (χ2n) is 2.86. The van der Waals surface area contributed by atoms with Crippen molar-refractivity contribution >= 4 is 0 Å². The molecular formula is C11H14O2. The van der Waals surface area contributed by atoms with Gasteiger partial charge in [-0.2, -0.15) is 0 Å². The van der Waals surface area contributed by atoms with Gasteiger partial charge in [-0.25, -0.2) is 0 Å². The Balaban J connectivity index is 2.74. The number of aliphatic hydroxyl groups is 1. The highest BCUT2D eigenvalue weighted by Crippen LogP contribution is 2.14. The number of hydrogen-bond acceptors (Lipinski definition) is 2. The first-order valence-corrected chi connectivity index (χ1v) is 4.16. The largest absolute Gasteiger partial charge is 0.384 e. The molecule has 0 aliphatic carbocycles. The van der Waals surface area contributed by atoms with E-state index in [4.69, 9.17) is 4.74 Å². The van der Waals surface area contributed by atoms with Crippen LogP contribution < -0.4 is 0 Å². The van der Waals surface area contributed by atoms with Gasteiger partial charge in [0.25, 0.3) is 0 Å². The van der Waals surface area contributed by atoms with E-state index < -0.39 is 6.10 Å². The van der Waals surface area contributed by atoms with E-state index in [2.05, 4.69) is 6.58 Å². The van der Waals surface area contributed by atoms with Gasteiger partial charge in [0, 0.05) is 7.11 Å². The topological polar surface area (TPSA) is 29.5 Å². The fourth-order valence-electron chi connectivity index (χ4n) is 1.11. The van der Waals surface area contributed by atoms with Crippen LogP contribution in [0, 0.1) is 0 Å². The van der Waals surface area contributed by atoms with E-state index in [1.54, 1.807) is 7.11 Å². The fourth-order valence-corrected chi connectivity index (χ4v) is 1.11. The molecule has 1 aromatic carbocycles. The van der Waals surface area contributed by atoms with E-state index in [0.717, 1.165) is 11.1 Å². The summed E-state index contributed by atoms with van der Waals surface area (Å²) in [4.78, 5) is 0. The molecule has 0 saturated carbocycles. The molecule has 0 aromatic heterocycles. The molecule has 1 N–H and O–H groups in total. The van der Waals surface area contributed by atoms with Gasteiger partial charge in [0.2, 0.25) is 0 Å². The van der Waals surface area contributed by atoms with Crippen LogP contribution in [0.15, 0.2) is 36.9 Å². The van der Waals surface area contributed by atoms with Crippen LogP contribution in [0.1, 0.15) is 17.2 Å². The van der Waals surface area contributed by atoms with Crippen molar-refractivity contribution in [1.29, 1.82) is 0 Å². The van der Waals surface area contributed by atoms with Crippen molar-refractivity contribution in [2.24, 2.45) is 0 Å². The highest BCUT2D eigenvalue weighted by molar-refractivity contribution is 5.25. The van der Waals surface area contributed by atoms with Crippen LogP contribution in [0.3, 0.4) is 0 Å². The van der Waals surface area contributed by atoms with E-state index in [1.807, 2.05) is 24.3 Å². The molecule has 13 heavy (non-hydrogen) atoms. The first-order chi connectivity index (χ1) is 6.27. The highest BCUT2D eigenvalue weighted by atomic mass is 16.5. The lowest BCUT2D eigenvalue weighted by molar-refractivity contribution is 0.184. The molecule has 0 saturated heterocycles. The molecule has 2 nitrogen and oxygen atoms in total. The maximum absolute atomic E-state index is 9.40. The van der Waals surface area contributed by atoms with Gasteiger partial charge in [0.05, 0.1) is 12.7 Å². The van der Waals surface area contributed by atoms with Gasteiger partial charge in [-0.1, -0.05) is 30.3 Å². The first-order valence-electron chi connectivity index (χ1n) is 4.16. The molecule has 1 atom stereocenters. The van der Waals surface area contributed by atoms with Crippen molar-refractivity contribution in [1.82, 2.24) is 0 Å². The number of rotatable bonds is 4. The van der Waals surface area contributed by atoms with Crippen LogP contribution in [0.2, 0.25) is 0 Å². The Bertz CT molecular complexity index is 264. The third-order valence-corrected chi connectivity index (χ3v) is 1.86. The lowest BCUT2D eigenvalue weighted by Gasteiger charge is -2.06. The van der Waals surface area contributed by atoms with Crippen molar-refractivity contribution in [3.8, 4) is 0 Å². The van der Waals surface area contributed by atoms with E-state index in [9.17, 15) is 5.11 Å². The number of benzene rings is 1. The van der Waals surface area contributed by atoms with Gasteiger partial charge < -0.3 is 9.84 Å². The molecule has 1 aromatic rings. The summed E-state index contributed by atoms with van der Waals surface area (Å²) in [6, 6.07) is 7.62. The lowest BCUT2D eigenvalue weighted by Crippen LogP contribution is -1.93. The third kappa shape index (κ3) is 2.68. The molecule has 70 valence electrons. The average molecular weight is 178 g/mol. The van der Waals surface area contributed by atoms with Gasteiger partial charge in [0.1, 0.15) is 0 Å². The summed E-state index contributed by atoms with van der Waals surface area (Å²) >= 11 is 0. The molecule has 0 spiro atoms. The Labute approximate surface area is 78.5 Å².